The van der Waals surface area contributed by atoms with Gasteiger partial charge in [0.15, 0.2) is 0 Å². The first-order chi connectivity index (χ1) is 9.79. The van der Waals surface area contributed by atoms with E-state index in [9.17, 15) is 4.79 Å². The molecule has 1 N–H and O–H groups in total. The maximum absolute atomic E-state index is 12.3. The fourth-order valence-corrected chi connectivity index (χ4v) is 2.96. The number of benzene rings is 2. The third kappa shape index (κ3) is 2.25. The van der Waals surface area contributed by atoms with Crippen LogP contribution in [0.3, 0.4) is 0 Å². The molecule has 0 saturated carbocycles. The van der Waals surface area contributed by atoms with Gasteiger partial charge in [-0.2, -0.15) is 0 Å². The normalized spacial score (nSPS) is 10.2. The number of hydrogen-bond acceptors (Lipinski definition) is 3. The molecule has 0 fully saturated rings. The molecule has 3 aromatic rings. The van der Waals surface area contributed by atoms with Crippen LogP contribution in [0.15, 0.2) is 53.3 Å². The van der Waals surface area contributed by atoms with Gasteiger partial charge >= 0.3 is 0 Å². The molecule has 0 amide bonds. The standard InChI is InChI=1S/C16H11NO2S/c18-11-3-4-12-7-9-13(10-8-12)17-16(19)14-5-1-2-6-15(14)20-17/h1-2,5-10,18H,11H2. The molecule has 0 aliphatic rings. The van der Waals surface area contributed by atoms with E-state index in [0.29, 0.717) is 0 Å². The predicted molar refractivity (Wildman–Crippen MR) is 81.4 cm³/mol. The molecule has 4 heteroatoms. The first kappa shape index (κ1) is 12.7. The quantitative estimate of drug-likeness (QED) is 0.696. The predicted octanol–water partition coefficient (Wildman–Crippen LogP) is 2.40. The molecule has 0 radical (unpaired) electrons. The van der Waals surface area contributed by atoms with Crippen molar-refractivity contribution in [3.63, 3.8) is 0 Å². The lowest BCUT2D eigenvalue weighted by Crippen LogP contribution is -2.10. The van der Waals surface area contributed by atoms with Crippen molar-refractivity contribution in [2.45, 2.75) is 0 Å². The lowest BCUT2D eigenvalue weighted by molar-refractivity contribution is 0.350. The van der Waals surface area contributed by atoms with E-state index in [1.807, 2.05) is 48.5 Å². The Kier molecular flexibility index (Phi) is 3.38. The Morgan fingerprint density at radius 1 is 1.10 bits per heavy atom. The zero-order chi connectivity index (χ0) is 13.9. The van der Waals surface area contributed by atoms with Crippen LogP contribution < -0.4 is 5.56 Å². The van der Waals surface area contributed by atoms with Crippen LogP contribution in [0.2, 0.25) is 0 Å². The van der Waals surface area contributed by atoms with Gasteiger partial charge in [-0.05, 0) is 36.4 Å². The summed E-state index contributed by atoms with van der Waals surface area (Å²) in [4.78, 5) is 12.3. The smallest absolute Gasteiger partial charge is 0.273 e. The van der Waals surface area contributed by atoms with Crippen LogP contribution in [0.5, 0.6) is 0 Å². The molecule has 0 unspecified atom stereocenters. The summed E-state index contributed by atoms with van der Waals surface area (Å²) >= 11 is 1.43. The van der Waals surface area contributed by atoms with E-state index in [0.717, 1.165) is 21.3 Å². The Balaban J connectivity index is 2.07. The van der Waals surface area contributed by atoms with Crippen molar-refractivity contribution in [1.82, 2.24) is 3.96 Å². The van der Waals surface area contributed by atoms with Gasteiger partial charge in [-0.25, -0.2) is 3.96 Å². The summed E-state index contributed by atoms with van der Waals surface area (Å²) < 4.78 is 2.65. The van der Waals surface area contributed by atoms with Crippen molar-refractivity contribution in [3.8, 4) is 17.5 Å². The van der Waals surface area contributed by atoms with Gasteiger partial charge in [0, 0.05) is 5.56 Å². The van der Waals surface area contributed by atoms with E-state index in [1.165, 1.54) is 11.5 Å². The molecule has 3 rings (SSSR count). The lowest BCUT2D eigenvalue weighted by Gasteiger charge is -1.99. The number of aromatic nitrogens is 1. The molecular weight excluding hydrogens is 270 g/mol. The highest BCUT2D eigenvalue weighted by Crippen LogP contribution is 2.19. The highest BCUT2D eigenvalue weighted by atomic mass is 32.1. The second kappa shape index (κ2) is 5.33. The Hall–Kier alpha value is -2.35. The molecular formula is C16H11NO2S. The number of aliphatic hydroxyl groups is 1. The summed E-state index contributed by atoms with van der Waals surface area (Å²) in [5, 5.41) is 9.40. The van der Waals surface area contributed by atoms with Crippen LogP contribution in [0, 0.1) is 11.8 Å². The second-order valence-corrected chi connectivity index (χ2v) is 5.18. The maximum Gasteiger partial charge on any atom is 0.273 e. The van der Waals surface area contributed by atoms with Crippen molar-refractivity contribution in [2.24, 2.45) is 0 Å². The van der Waals surface area contributed by atoms with Crippen LogP contribution in [-0.4, -0.2) is 15.7 Å². The molecule has 0 spiro atoms. The molecule has 0 aliphatic heterocycles. The van der Waals surface area contributed by atoms with Crippen molar-refractivity contribution in [1.29, 1.82) is 0 Å². The molecule has 0 bridgehead atoms. The first-order valence-electron chi connectivity index (χ1n) is 6.11. The largest absolute Gasteiger partial charge is 0.384 e. The third-order valence-corrected chi connectivity index (χ3v) is 4.02. The average Bonchev–Trinajstić information content (AvgIpc) is 2.83. The van der Waals surface area contributed by atoms with Gasteiger partial charge in [-0.3, -0.25) is 4.79 Å². The van der Waals surface area contributed by atoms with Crippen molar-refractivity contribution in [2.75, 3.05) is 6.61 Å². The molecule has 1 heterocycles. The minimum Gasteiger partial charge on any atom is -0.384 e. The van der Waals surface area contributed by atoms with Crippen molar-refractivity contribution in [3.05, 3.63) is 64.4 Å². The van der Waals surface area contributed by atoms with E-state index in [4.69, 9.17) is 5.11 Å². The molecule has 2 aromatic carbocycles. The zero-order valence-electron chi connectivity index (χ0n) is 10.5. The summed E-state index contributed by atoms with van der Waals surface area (Å²) in [6.45, 7) is -0.155. The number of fused-ring (bicyclic) bond motifs is 1. The summed E-state index contributed by atoms with van der Waals surface area (Å²) in [6.07, 6.45) is 0. The highest BCUT2D eigenvalue weighted by Gasteiger charge is 2.07. The Bertz CT molecular complexity index is 863. The number of rotatable bonds is 1. The SMILES string of the molecule is O=c1c2ccccc2sn1-c1ccc(C#CCO)cc1. The third-order valence-electron chi connectivity index (χ3n) is 2.91. The summed E-state index contributed by atoms with van der Waals surface area (Å²) in [6, 6.07) is 15.0. The van der Waals surface area contributed by atoms with Crippen LogP contribution in [0.4, 0.5) is 0 Å². The molecule has 20 heavy (non-hydrogen) atoms. The van der Waals surface area contributed by atoms with E-state index in [-0.39, 0.29) is 12.2 Å². The fraction of sp³-hybridized carbons (Fsp3) is 0.0625. The van der Waals surface area contributed by atoms with Crippen LogP contribution in [-0.2, 0) is 0 Å². The topological polar surface area (TPSA) is 42.2 Å². The summed E-state index contributed by atoms with van der Waals surface area (Å²) in [7, 11) is 0. The minimum absolute atomic E-state index is 0.000192. The van der Waals surface area contributed by atoms with Gasteiger partial charge in [0.25, 0.3) is 5.56 Å². The van der Waals surface area contributed by atoms with Crippen LogP contribution in [0.1, 0.15) is 5.56 Å². The van der Waals surface area contributed by atoms with Gasteiger partial charge in [0.1, 0.15) is 6.61 Å². The van der Waals surface area contributed by atoms with Gasteiger partial charge in [-0.15, -0.1) is 0 Å². The second-order valence-electron chi connectivity index (χ2n) is 4.19. The monoisotopic (exact) mass is 281 g/mol. The molecule has 0 aliphatic carbocycles. The van der Waals surface area contributed by atoms with Gasteiger partial charge in [-0.1, -0.05) is 35.5 Å². The Morgan fingerprint density at radius 3 is 2.55 bits per heavy atom. The fourth-order valence-electron chi connectivity index (χ4n) is 1.96. The summed E-state index contributed by atoms with van der Waals surface area (Å²) in [5.74, 6) is 5.43. The van der Waals surface area contributed by atoms with Gasteiger partial charge in [0.05, 0.1) is 15.8 Å². The highest BCUT2D eigenvalue weighted by molar-refractivity contribution is 7.14. The van der Waals surface area contributed by atoms with Gasteiger partial charge in [0.2, 0.25) is 0 Å². The first-order valence-corrected chi connectivity index (χ1v) is 6.88. The minimum atomic E-state index is -0.155. The van der Waals surface area contributed by atoms with E-state index < -0.39 is 0 Å². The van der Waals surface area contributed by atoms with Crippen LogP contribution >= 0.6 is 11.5 Å². The van der Waals surface area contributed by atoms with Crippen molar-refractivity contribution >= 4 is 21.6 Å². The van der Waals surface area contributed by atoms with Gasteiger partial charge < -0.3 is 5.11 Å². The van der Waals surface area contributed by atoms with E-state index in [1.54, 1.807) is 3.96 Å². The zero-order valence-corrected chi connectivity index (χ0v) is 11.4. The van der Waals surface area contributed by atoms with Crippen LogP contribution in [0.25, 0.3) is 15.8 Å². The molecule has 98 valence electrons. The Morgan fingerprint density at radius 2 is 1.85 bits per heavy atom. The maximum atomic E-state index is 12.3. The van der Waals surface area contributed by atoms with E-state index in [2.05, 4.69) is 11.8 Å². The average molecular weight is 281 g/mol. The molecule has 0 saturated heterocycles. The molecule has 1 aromatic heterocycles. The molecule has 0 atom stereocenters. The number of nitrogens with zero attached hydrogens (tertiary/aromatic N) is 1. The number of aliphatic hydroxyl groups excluding tert-OH is 1. The van der Waals surface area contributed by atoms with Crippen molar-refractivity contribution < 1.29 is 5.11 Å². The van der Waals surface area contributed by atoms with E-state index >= 15 is 0 Å². The molecule has 3 nitrogen and oxygen atoms in total. The number of hydrogen-bond donors (Lipinski definition) is 1. The Labute approximate surface area is 119 Å². The summed E-state index contributed by atoms with van der Waals surface area (Å²) in [5.41, 5.74) is 1.64. The lowest BCUT2D eigenvalue weighted by atomic mass is 10.2.